The second-order valence-corrected chi connectivity index (χ2v) is 17.6. The summed E-state index contributed by atoms with van der Waals surface area (Å²) < 4.78 is 6.56. The Morgan fingerprint density at radius 3 is 2.46 bits per heavy atom. The molecule has 0 radical (unpaired) electrons. The number of rotatable bonds is 6. The van der Waals surface area contributed by atoms with Gasteiger partial charge in [0.15, 0.2) is 8.32 Å². The molecule has 0 saturated heterocycles. The van der Waals surface area contributed by atoms with Gasteiger partial charge < -0.3 is 9.26 Å². The summed E-state index contributed by atoms with van der Waals surface area (Å²) in [5, 5.41) is 4.58. The lowest BCUT2D eigenvalue weighted by molar-refractivity contribution is -0.0262. The summed E-state index contributed by atoms with van der Waals surface area (Å²) in [6, 6.07) is 10.3. The van der Waals surface area contributed by atoms with Gasteiger partial charge in [-0.05, 0) is 111 Å². The molecule has 35 heavy (non-hydrogen) atoms. The van der Waals surface area contributed by atoms with Gasteiger partial charge in [0, 0.05) is 6.10 Å². The van der Waals surface area contributed by atoms with Gasteiger partial charge in [-0.3, -0.25) is 0 Å². The van der Waals surface area contributed by atoms with Gasteiger partial charge >= 0.3 is 0 Å². The van der Waals surface area contributed by atoms with Crippen molar-refractivity contribution >= 4 is 14.0 Å². The van der Waals surface area contributed by atoms with Gasteiger partial charge in [-0.1, -0.05) is 67.1 Å². The van der Waals surface area contributed by atoms with Crippen molar-refractivity contribution in [2.45, 2.75) is 98.1 Å². The molecule has 1 aromatic carbocycles. The molecule has 0 spiro atoms. The number of allylic oxidation sites excluding steroid dienone is 3. The minimum Gasteiger partial charge on any atom is -0.414 e. The molecule has 0 bridgehead atoms. The standard InChI is InChI=1S/C31H45NO2Si/c1-22(32-33-21-23-10-8-7-9-11-23)27-14-15-28-26-13-12-24-20-25(34-35(4,5)6)16-18-30(24,2)29(26)17-19-31(27,28)3/h7-12,14,25-26,28-29H,13,15-21H2,1-6H3/b32-22+/t25-,26-,28-,29-,30-,31+/m0/s1. The lowest BCUT2D eigenvalue weighted by Crippen LogP contribution is -2.51. The highest BCUT2D eigenvalue weighted by Crippen LogP contribution is 2.65. The van der Waals surface area contributed by atoms with Gasteiger partial charge in [-0.25, -0.2) is 0 Å². The summed E-state index contributed by atoms with van der Waals surface area (Å²) in [5.74, 6) is 2.32. The number of fused-ring (bicyclic) bond motifs is 5. The van der Waals surface area contributed by atoms with Crippen molar-refractivity contribution in [1.29, 1.82) is 0 Å². The van der Waals surface area contributed by atoms with E-state index in [4.69, 9.17) is 9.26 Å². The van der Waals surface area contributed by atoms with Crippen LogP contribution in [0.25, 0.3) is 0 Å². The van der Waals surface area contributed by atoms with E-state index >= 15 is 0 Å². The third kappa shape index (κ3) is 4.73. The van der Waals surface area contributed by atoms with E-state index in [1.807, 2.05) is 6.07 Å². The van der Waals surface area contributed by atoms with Crippen LogP contribution in [0.5, 0.6) is 0 Å². The number of hydrogen-bond donors (Lipinski definition) is 0. The molecule has 4 aliphatic rings. The Morgan fingerprint density at radius 1 is 0.971 bits per heavy atom. The maximum atomic E-state index is 6.56. The second kappa shape index (κ2) is 9.34. The molecule has 0 amide bonds. The number of nitrogens with zero attached hydrogens (tertiary/aromatic N) is 1. The van der Waals surface area contributed by atoms with Crippen molar-refractivity contribution in [3.8, 4) is 0 Å². The first-order valence-corrected chi connectivity index (χ1v) is 17.3. The first kappa shape index (κ1) is 25.0. The third-order valence-electron chi connectivity index (χ3n) is 9.83. The Kier molecular flexibility index (Phi) is 6.67. The summed E-state index contributed by atoms with van der Waals surface area (Å²) in [6.07, 6.45) is 14.3. The maximum absolute atomic E-state index is 6.56. The van der Waals surface area contributed by atoms with E-state index in [1.165, 1.54) is 50.5 Å². The summed E-state index contributed by atoms with van der Waals surface area (Å²) in [4.78, 5) is 5.79. The van der Waals surface area contributed by atoms with E-state index in [0.29, 0.717) is 18.1 Å². The van der Waals surface area contributed by atoms with Crippen molar-refractivity contribution in [3.63, 3.8) is 0 Å². The van der Waals surface area contributed by atoms with Crippen molar-refractivity contribution in [3.05, 3.63) is 59.2 Å². The number of oxime groups is 1. The maximum Gasteiger partial charge on any atom is 0.184 e. The summed E-state index contributed by atoms with van der Waals surface area (Å²) in [6.45, 7) is 14.8. The molecular weight excluding hydrogens is 446 g/mol. The second-order valence-electron chi connectivity index (χ2n) is 13.1. The van der Waals surface area contributed by atoms with E-state index in [-0.39, 0.29) is 5.41 Å². The molecule has 2 fully saturated rings. The predicted octanol–water partition coefficient (Wildman–Crippen LogP) is 8.30. The molecule has 0 aliphatic heterocycles. The van der Waals surface area contributed by atoms with Crippen molar-refractivity contribution in [2.24, 2.45) is 33.7 Å². The number of hydrogen-bond acceptors (Lipinski definition) is 3. The van der Waals surface area contributed by atoms with Crippen molar-refractivity contribution in [1.82, 2.24) is 0 Å². The highest BCUT2D eigenvalue weighted by molar-refractivity contribution is 6.69. The predicted molar refractivity (Wildman–Crippen MR) is 148 cm³/mol. The zero-order chi connectivity index (χ0) is 24.8. The van der Waals surface area contributed by atoms with E-state index in [2.05, 4.69) is 82.0 Å². The highest BCUT2D eigenvalue weighted by atomic mass is 28.4. The van der Waals surface area contributed by atoms with Crippen LogP contribution >= 0.6 is 0 Å². The average molecular weight is 492 g/mol. The van der Waals surface area contributed by atoms with Crippen LogP contribution in [-0.2, 0) is 15.9 Å². The molecule has 4 heteroatoms. The molecule has 0 heterocycles. The number of benzene rings is 1. The Morgan fingerprint density at radius 2 is 1.71 bits per heavy atom. The van der Waals surface area contributed by atoms with E-state index in [0.717, 1.165) is 29.0 Å². The van der Waals surface area contributed by atoms with Crippen LogP contribution in [0.4, 0.5) is 0 Å². The summed E-state index contributed by atoms with van der Waals surface area (Å²) in [7, 11) is -1.49. The van der Waals surface area contributed by atoms with Gasteiger partial charge in [0.05, 0.1) is 5.71 Å². The summed E-state index contributed by atoms with van der Waals surface area (Å²) >= 11 is 0. The third-order valence-corrected chi connectivity index (χ3v) is 10.9. The quantitative estimate of drug-likeness (QED) is 0.173. The van der Waals surface area contributed by atoms with Crippen LogP contribution in [0.15, 0.2) is 58.8 Å². The van der Waals surface area contributed by atoms with Crippen LogP contribution in [0.3, 0.4) is 0 Å². The minimum absolute atomic E-state index is 0.227. The zero-order valence-electron chi connectivity index (χ0n) is 22.8. The molecule has 0 aromatic heterocycles. The molecule has 2 saturated carbocycles. The Balaban J connectivity index is 1.29. The Hall–Kier alpha value is -1.65. The normalized spacial score (nSPS) is 37.0. The van der Waals surface area contributed by atoms with Gasteiger partial charge in [0.1, 0.15) is 6.61 Å². The van der Waals surface area contributed by atoms with Crippen molar-refractivity contribution < 1.29 is 9.26 Å². The molecule has 4 aliphatic carbocycles. The molecule has 3 nitrogen and oxygen atoms in total. The van der Waals surface area contributed by atoms with Gasteiger partial charge in [0.2, 0.25) is 0 Å². The first-order chi connectivity index (χ1) is 16.6. The molecule has 190 valence electrons. The molecule has 0 unspecified atom stereocenters. The van der Waals surface area contributed by atoms with Gasteiger partial charge in [-0.2, -0.15) is 0 Å². The highest BCUT2D eigenvalue weighted by Gasteiger charge is 2.57. The fourth-order valence-corrected chi connectivity index (χ4v) is 9.38. The SMILES string of the molecule is C/C(=N\OCc1ccccc1)C1=CC[C@H]2[C@@H]3CC=C4C[C@@H](O[Si](C)(C)C)CC[C@]4(C)[C@H]3CC[C@]12C. The van der Waals surface area contributed by atoms with Crippen LogP contribution in [0, 0.1) is 28.6 Å². The van der Waals surface area contributed by atoms with E-state index < -0.39 is 8.32 Å². The molecule has 0 N–H and O–H groups in total. The molecule has 5 rings (SSSR count). The van der Waals surface area contributed by atoms with Crippen LogP contribution in [0.1, 0.15) is 71.3 Å². The van der Waals surface area contributed by atoms with Gasteiger partial charge in [-0.15, -0.1) is 0 Å². The van der Waals surface area contributed by atoms with Crippen LogP contribution in [0.2, 0.25) is 19.6 Å². The first-order valence-electron chi connectivity index (χ1n) is 13.9. The molecule has 6 atom stereocenters. The Bertz CT molecular complexity index is 1020. The lowest BCUT2D eigenvalue weighted by atomic mass is 9.47. The Labute approximate surface area is 214 Å². The topological polar surface area (TPSA) is 30.8 Å². The average Bonchev–Trinajstić information content (AvgIpc) is 3.16. The van der Waals surface area contributed by atoms with E-state index in [9.17, 15) is 0 Å². The van der Waals surface area contributed by atoms with E-state index in [1.54, 1.807) is 5.57 Å². The monoisotopic (exact) mass is 491 g/mol. The van der Waals surface area contributed by atoms with Crippen LogP contribution < -0.4 is 0 Å². The lowest BCUT2D eigenvalue weighted by Gasteiger charge is -2.58. The minimum atomic E-state index is -1.49. The molecular formula is C31H45NO2Si. The van der Waals surface area contributed by atoms with Gasteiger partial charge in [0.25, 0.3) is 0 Å². The largest absolute Gasteiger partial charge is 0.414 e. The smallest absolute Gasteiger partial charge is 0.184 e. The van der Waals surface area contributed by atoms with Crippen LogP contribution in [-0.4, -0.2) is 20.1 Å². The van der Waals surface area contributed by atoms with Crippen molar-refractivity contribution in [2.75, 3.05) is 0 Å². The fraction of sp³-hybridized carbons (Fsp3) is 0.645. The molecule has 1 aromatic rings. The zero-order valence-corrected chi connectivity index (χ0v) is 23.8. The summed E-state index contributed by atoms with van der Waals surface area (Å²) in [5.41, 5.74) is 6.00. The fourth-order valence-electron chi connectivity index (χ4n) is 8.18.